The number of imidazole rings is 1. The number of piperidine rings is 1. The number of rotatable bonds is 9. The number of hydrogen-bond acceptors (Lipinski definition) is 7. The summed E-state index contributed by atoms with van der Waals surface area (Å²) < 4.78 is 28.0. The van der Waals surface area contributed by atoms with Gasteiger partial charge in [0.05, 0.1) is 53.1 Å². The minimum atomic E-state index is -0.954. The van der Waals surface area contributed by atoms with E-state index in [1.165, 1.54) is 6.07 Å². The van der Waals surface area contributed by atoms with Crippen molar-refractivity contribution in [2.45, 2.75) is 57.9 Å². The van der Waals surface area contributed by atoms with Crippen LogP contribution in [0.5, 0.6) is 5.88 Å². The summed E-state index contributed by atoms with van der Waals surface area (Å²) in [6, 6.07) is 17.1. The SMILES string of the molecule is CC1CN(Cc2nc3ccc(C(=O)O)cc3n2C[C@@H]2CCO2)CCC1(C)c1cccc(OCc2ccc(C#N)cc2F)n1. The van der Waals surface area contributed by atoms with E-state index in [0.29, 0.717) is 24.5 Å². The van der Waals surface area contributed by atoms with Gasteiger partial charge in [-0.05, 0) is 61.7 Å². The molecule has 0 amide bonds. The van der Waals surface area contributed by atoms with Gasteiger partial charge in [-0.1, -0.05) is 26.0 Å². The highest BCUT2D eigenvalue weighted by Gasteiger charge is 2.39. The van der Waals surface area contributed by atoms with E-state index in [4.69, 9.17) is 24.7 Å². The number of pyridine rings is 1. The molecule has 6 rings (SSSR count). The van der Waals surface area contributed by atoms with Crippen LogP contribution in [0.4, 0.5) is 4.39 Å². The third-order valence-corrected chi connectivity index (χ3v) is 9.05. The van der Waals surface area contributed by atoms with Crippen molar-refractivity contribution < 1.29 is 23.8 Å². The number of aromatic nitrogens is 3. The van der Waals surface area contributed by atoms with Crippen molar-refractivity contribution in [2.24, 2.45) is 5.92 Å². The van der Waals surface area contributed by atoms with Gasteiger partial charge < -0.3 is 19.1 Å². The molecule has 2 saturated heterocycles. The van der Waals surface area contributed by atoms with Gasteiger partial charge in [0.25, 0.3) is 0 Å². The summed E-state index contributed by atoms with van der Waals surface area (Å²) in [5.41, 5.74) is 3.25. The van der Waals surface area contributed by atoms with Crippen LogP contribution in [0.2, 0.25) is 0 Å². The minimum absolute atomic E-state index is 0.0227. The molecule has 0 aliphatic carbocycles. The van der Waals surface area contributed by atoms with Gasteiger partial charge in [0.1, 0.15) is 18.2 Å². The maximum absolute atomic E-state index is 14.3. The molecule has 2 aromatic heterocycles. The largest absolute Gasteiger partial charge is 0.478 e. The number of carboxylic acids is 1. The van der Waals surface area contributed by atoms with Crippen molar-refractivity contribution in [3.05, 3.63) is 88.6 Å². The molecule has 2 fully saturated rings. The summed E-state index contributed by atoms with van der Waals surface area (Å²) in [4.78, 5) is 23.8. The number of halogens is 1. The first-order valence-corrected chi connectivity index (χ1v) is 14.6. The van der Waals surface area contributed by atoms with E-state index in [0.717, 1.165) is 55.1 Å². The molecule has 3 atom stereocenters. The Balaban J connectivity index is 1.16. The first-order valence-electron chi connectivity index (χ1n) is 14.6. The number of likely N-dealkylation sites (tertiary alicyclic amines) is 1. The molecule has 2 aliphatic heterocycles. The lowest BCUT2D eigenvalue weighted by molar-refractivity contribution is -0.0592. The van der Waals surface area contributed by atoms with Crippen molar-refractivity contribution in [1.82, 2.24) is 19.4 Å². The van der Waals surface area contributed by atoms with Gasteiger partial charge in [0.15, 0.2) is 0 Å². The lowest BCUT2D eigenvalue weighted by atomic mass is 9.70. The Morgan fingerprint density at radius 3 is 2.77 bits per heavy atom. The fourth-order valence-corrected chi connectivity index (χ4v) is 6.00. The average molecular weight is 584 g/mol. The highest BCUT2D eigenvalue weighted by molar-refractivity contribution is 5.92. The second kappa shape index (κ2) is 11.7. The number of carboxylic acid groups (broad SMARTS) is 1. The molecule has 10 heteroatoms. The predicted octanol–water partition coefficient (Wildman–Crippen LogP) is 5.31. The number of nitriles is 1. The second-order valence-electron chi connectivity index (χ2n) is 11.8. The average Bonchev–Trinajstić information content (AvgIpc) is 3.32. The number of ether oxygens (including phenoxy) is 2. The number of carbonyl (C=O) groups is 1. The molecule has 4 heterocycles. The predicted molar refractivity (Wildman–Crippen MR) is 157 cm³/mol. The summed E-state index contributed by atoms with van der Waals surface area (Å²) in [6.07, 6.45) is 1.97. The molecular formula is C33H34FN5O4. The third kappa shape index (κ3) is 5.83. The molecular weight excluding hydrogens is 549 g/mol. The Hall–Kier alpha value is -4.33. The van der Waals surface area contributed by atoms with Crippen LogP contribution in [0.1, 0.15) is 59.7 Å². The Morgan fingerprint density at radius 2 is 2.07 bits per heavy atom. The van der Waals surface area contributed by atoms with Gasteiger partial charge in [-0.15, -0.1) is 0 Å². The van der Waals surface area contributed by atoms with Crippen molar-refractivity contribution in [3.8, 4) is 11.9 Å². The van der Waals surface area contributed by atoms with Crippen LogP contribution in [-0.4, -0.2) is 56.3 Å². The van der Waals surface area contributed by atoms with Crippen LogP contribution in [0, 0.1) is 23.1 Å². The van der Waals surface area contributed by atoms with Crippen LogP contribution in [-0.2, 0) is 29.8 Å². The Labute approximate surface area is 249 Å². The first kappa shape index (κ1) is 28.8. The molecule has 2 aliphatic rings. The van der Waals surface area contributed by atoms with Gasteiger partial charge >= 0.3 is 5.97 Å². The maximum Gasteiger partial charge on any atom is 0.335 e. The standard InChI is InChI=1S/C33H34FN5O4/c1-21-17-38(19-30-36-27-9-8-23(32(40)41)15-28(27)39(30)18-25-10-13-42-25)12-11-33(21,2)29-4-3-5-31(37-29)43-20-24-7-6-22(16-35)14-26(24)34/h3-9,14-15,21,25H,10-13,17-20H2,1-2H3,(H,40,41)/t21?,25-,33?/m0/s1. The topological polar surface area (TPSA) is 114 Å². The number of nitrogens with zero attached hydrogens (tertiary/aromatic N) is 5. The number of fused-ring (bicyclic) bond motifs is 1. The maximum atomic E-state index is 14.3. The number of hydrogen-bond donors (Lipinski definition) is 1. The van der Waals surface area contributed by atoms with Gasteiger partial charge in [0, 0.05) is 30.2 Å². The molecule has 0 radical (unpaired) electrons. The number of benzene rings is 2. The van der Waals surface area contributed by atoms with E-state index in [1.807, 2.05) is 18.2 Å². The lowest BCUT2D eigenvalue weighted by Crippen LogP contribution is -2.47. The fraction of sp³-hybridized carbons (Fsp3) is 0.394. The van der Waals surface area contributed by atoms with E-state index in [9.17, 15) is 14.3 Å². The lowest BCUT2D eigenvalue weighted by Gasteiger charge is -2.44. The summed E-state index contributed by atoms with van der Waals surface area (Å²) in [6.45, 7) is 8.22. The molecule has 2 unspecified atom stereocenters. The summed E-state index contributed by atoms with van der Waals surface area (Å²) in [5.74, 6) is 0.188. The molecule has 222 valence electrons. The second-order valence-corrected chi connectivity index (χ2v) is 11.8. The Bertz CT molecular complexity index is 1710. The zero-order chi connectivity index (χ0) is 30.1. The molecule has 0 spiro atoms. The molecule has 43 heavy (non-hydrogen) atoms. The van der Waals surface area contributed by atoms with E-state index in [2.05, 4.69) is 23.3 Å². The Morgan fingerprint density at radius 1 is 1.23 bits per heavy atom. The highest BCUT2D eigenvalue weighted by atomic mass is 19.1. The van der Waals surface area contributed by atoms with Crippen LogP contribution in [0.25, 0.3) is 11.0 Å². The smallest absolute Gasteiger partial charge is 0.335 e. The fourth-order valence-electron chi connectivity index (χ4n) is 6.00. The monoisotopic (exact) mass is 583 g/mol. The molecule has 4 aromatic rings. The molecule has 1 N–H and O–H groups in total. The summed E-state index contributed by atoms with van der Waals surface area (Å²) >= 11 is 0. The van der Waals surface area contributed by atoms with Crippen molar-refractivity contribution in [3.63, 3.8) is 0 Å². The van der Waals surface area contributed by atoms with Crippen molar-refractivity contribution >= 4 is 17.0 Å². The van der Waals surface area contributed by atoms with Gasteiger partial charge in [-0.2, -0.15) is 5.26 Å². The zero-order valence-corrected chi connectivity index (χ0v) is 24.3. The van der Waals surface area contributed by atoms with Crippen LogP contribution >= 0.6 is 0 Å². The van der Waals surface area contributed by atoms with Gasteiger partial charge in [-0.25, -0.2) is 19.2 Å². The van der Waals surface area contributed by atoms with Gasteiger partial charge in [0.2, 0.25) is 5.88 Å². The van der Waals surface area contributed by atoms with E-state index >= 15 is 0 Å². The van der Waals surface area contributed by atoms with Crippen LogP contribution in [0.15, 0.2) is 54.6 Å². The minimum Gasteiger partial charge on any atom is -0.478 e. The third-order valence-electron chi connectivity index (χ3n) is 9.05. The normalized spacial score (nSPS) is 22.2. The highest BCUT2D eigenvalue weighted by Crippen LogP contribution is 2.39. The number of aromatic carboxylic acids is 1. The van der Waals surface area contributed by atoms with Gasteiger partial charge in [-0.3, -0.25) is 4.90 Å². The molecule has 9 nitrogen and oxygen atoms in total. The molecule has 0 bridgehead atoms. The quantitative estimate of drug-likeness (QED) is 0.282. The van der Waals surface area contributed by atoms with E-state index in [-0.39, 0.29) is 35.2 Å². The summed E-state index contributed by atoms with van der Waals surface area (Å²) in [5, 5.41) is 18.5. The molecule has 2 aromatic carbocycles. The first-order chi connectivity index (χ1) is 20.7. The van der Waals surface area contributed by atoms with E-state index in [1.54, 1.807) is 36.4 Å². The van der Waals surface area contributed by atoms with E-state index < -0.39 is 11.8 Å². The van der Waals surface area contributed by atoms with Crippen molar-refractivity contribution in [2.75, 3.05) is 19.7 Å². The Kier molecular flexibility index (Phi) is 7.86. The van der Waals surface area contributed by atoms with Crippen molar-refractivity contribution in [1.29, 1.82) is 5.26 Å². The summed E-state index contributed by atoms with van der Waals surface area (Å²) in [7, 11) is 0. The zero-order valence-electron chi connectivity index (χ0n) is 24.3. The van der Waals surface area contributed by atoms with Crippen LogP contribution in [0.3, 0.4) is 0 Å². The molecule has 0 saturated carbocycles. The van der Waals surface area contributed by atoms with Crippen LogP contribution < -0.4 is 4.74 Å².